The lowest BCUT2D eigenvalue weighted by Gasteiger charge is -2.38. The molecule has 2 atom stereocenters. The third kappa shape index (κ3) is 2.91. The molecule has 0 aromatic heterocycles. The molecule has 0 aliphatic carbocycles. The smallest absolute Gasteiger partial charge is 0.104 e. The first-order valence-corrected chi connectivity index (χ1v) is 4.90. The summed E-state index contributed by atoms with van der Waals surface area (Å²) in [5, 5.41) is 13.6. The molecule has 1 N–H and O–H groups in total. The molecule has 77 valence electrons. The fourth-order valence-corrected chi connectivity index (χ4v) is 1.65. The minimum Gasteiger partial charge on any atom is -0.379 e. The molecule has 1 aliphatic rings. The number of hydrogen-bond donors (Lipinski definition) is 1. The first-order valence-electron chi connectivity index (χ1n) is 4.90. The summed E-state index contributed by atoms with van der Waals surface area (Å²) in [6.45, 7) is 7.82. The maximum atomic E-state index is 9.34. The molecular formula is C9H20N3O. The van der Waals surface area contributed by atoms with E-state index in [0.717, 1.165) is 26.2 Å². The van der Waals surface area contributed by atoms with E-state index in [1.807, 2.05) is 14.0 Å². The van der Waals surface area contributed by atoms with E-state index in [4.69, 9.17) is 0 Å². The Morgan fingerprint density at radius 3 is 1.92 bits per heavy atom. The van der Waals surface area contributed by atoms with Crippen LogP contribution in [-0.2, 0) is 0 Å². The molecule has 4 nitrogen and oxygen atoms in total. The van der Waals surface area contributed by atoms with Crippen LogP contribution in [0.3, 0.4) is 0 Å². The normalized spacial score (nSPS) is 25.8. The number of piperazine rings is 1. The molecule has 0 saturated carbocycles. The van der Waals surface area contributed by atoms with Crippen LogP contribution in [0.15, 0.2) is 0 Å². The van der Waals surface area contributed by atoms with Crippen LogP contribution in [0.4, 0.5) is 0 Å². The van der Waals surface area contributed by atoms with Crippen LogP contribution >= 0.6 is 0 Å². The maximum absolute atomic E-state index is 9.34. The molecule has 4 heteroatoms. The van der Waals surface area contributed by atoms with Gasteiger partial charge in [-0.1, -0.05) is 0 Å². The van der Waals surface area contributed by atoms with Crippen molar-refractivity contribution >= 4 is 0 Å². The van der Waals surface area contributed by atoms with E-state index in [1.54, 1.807) is 0 Å². The van der Waals surface area contributed by atoms with Gasteiger partial charge in [0.15, 0.2) is 0 Å². The lowest BCUT2D eigenvalue weighted by atomic mass is 10.3. The minimum absolute atomic E-state index is 0.309. The van der Waals surface area contributed by atoms with E-state index in [9.17, 15) is 5.11 Å². The molecular weight excluding hydrogens is 166 g/mol. The molecule has 0 bridgehead atoms. The van der Waals surface area contributed by atoms with Crippen LogP contribution in [0, 0.1) is 0 Å². The SMILES string of the molecule is C[N]C(C)N1CCN(C(C)O)CC1. The maximum Gasteiger partial charge on any atom is 0.104 e. The van der Waals surface area contributed by atoms with E-state index in [2.05, 4.69) is 22.0 Å². The number of nitrogens with zero attached hydrogens (tertiary/aromatic N) is 3. The zero-order valence-corrected chi connectivity index (χ0v) is 8.77. The van der Waals surface area contributed by atoms with Gasteiger partial charge in [-0.25, -0.2) is 5.32 Å². The molecule has 1 heterocycles. The average Bonchev–Trinajstić information content (AvgIpc) is 2.17. The number of aliphatic hydroxyl groups is 1. The van der Waals surface area contributed by atoms with Gasteiger partial charge in [0.25, 0.3) is 0 Å². The molecule has 0 aromatic rings. The summed E-state index contributed by atoms with van der Waals surface area (Å²) in [7, 11) is 1.85. The Balaban J connectivity index is 2.30. The quantitative estimate of drug-likeness (QED) is 0.647. The summed E-state index contributed by atoms with van der Waals surface area (Å²) < 4.78 is 0. The highest BCUT2D eigenvalue weighted by molar-refractivity contribution is 4.74. The van der Waals surface area contributed by atoms with Gasteiger partial charge in [0, 0.05) is 33.2 Å². The summed E-state index contributed by atoms with van der Waals surface area (Å²) in [5.41, 5.74) is 0. The highest BCUT2D eigenvalue weighted by Gasteiger charge is 2.22. The van der Waals surface area contributed by atoms with Gasteiger partial charge in [-0.15, -0.1) is 0 Å². The lowest BCUT2D eigenvalue weighted by molar-refractivity contribution is -0.0221. The Morgan fingerprint density at radius 2 is 1.54 bits per heavy atom. The third-order valence-corrected chi connectivity index (χ3v) is 2.78. The molecule has 2 unspecified atom stereocenters. The Hall–Kier alpha value is -0.160. The molecule has 1 radical (unpaired) electrons. The van der Waals surface area contributed by atoms with Gasteiger partial charge < -0.3 is 5.11 Å². The summed E-state index contributed by atoms with van der Waals surface area (Å²) >= 11 is 0. The van der Waals surface area contributed by atoms with Gasteiger partial charge in [0.2, 0.25) is 0 Å². The first kappa shape index (κ1) is 10.9. The third-order valence-electron chi connectivity index (χ3n) is 2.78. The van der Waals surface area contributed by atoms with Crippen molar-refractivity contribution in [1.29, 1.82) is 0 Å². The Labute approximate surface area is 80.5 Å². The van der Waals surface area contributed by atoms with Crippen LogP contribution < -0.4 is 5.32 Å². The van der Waals surface area contributed by atoms with Crippen LogP contribution in [0.2, 0.25) is 0 Å². The molecule has 0 amide bonds. The Kier molecular flexibility index (Phi) is 4.12. The molecule has 13 heavy (non-hydrogen) atoms. The van der Waals surface area contributed by atoms with Crippen LogP contribution in [-0.4, -0.2) is 60.5 Å². The number of hydrogen-bond acceptors (Lipinski definition) is 3. The fourth-order valence-electron chi connectivity index (χ4n) is 1.65. The second kappa shape index (κ2) is 4.91. The molecule has 1 aliphatic heterocycles. The lowest BCUT2D eigenvalue weighted by Crippen LogP contribution is -2.53. The van der Waals surface area contributed by atoms with Crippen LogP contribution in [0.1, 0.15) is 13.8 Å². The number of aliphatic hydroxyl groups excluding tert-OH is 1. The molecule has 1 fully saturated rings. The summed E-state index contributed by atoms with van der Waals surface area (Å²) in [6, 6.07) is 0. The predicted molar refractivity (Wildman–Crippen MR) is 52.3 cm³/mol. The predicted octanol–water partition coefficient (Wildman–Crippen LogP) is -0.477. The van der Waals surface area contributed by atoms with E-state index >= 15 is 0 Å². The van der Waals surface area contributed by atoms with Gasteiger partial charge in [-0.3, -0.25) is 9.80 Å². The molecule has 1 rings (SSSR count). The van der Waals surface area contributed by atoms with Crippen molar-refractivity contribution in [2.75, 3.05) is 33.2 Å². The van der Waals surface area contributed by atoms with E-state index in [0.29, 0.717) is 6.17 Å². The van der Waals surface area contributed by atoms with Gasteiger partial charge in [0.1, 0.15) is 6.23 Å². The highest BCUT2D eigenvalue weighted by Crippen LogP contribution is 2.06. The minimum atomic E-state index is -0.309. The highest BCUT2D eigenvalue weighted by atomic mass is 16.3. The van der Waals surface area contributed by atoms with Crippen molar-refractivity contribution in [3.05, 3.63) is 0 Å². The molecule has 1 saturated heterocycles. The summed E-state index contributed by atoms with van der Waals surface area (Å²) in [4.78, 5) is 4.41. The van der Waals surface area contributed by atoms with Gasteiger partial charge in [-0.05, 0) is 13.8 Å². The monoisotopic (exact) mass is 186 g/mol. The second-order valence-corrected chi connectivity index (χ2v) is 3.59. The van der Waals surface area contributed by atoms with Gasteiger partial charge in [-0.2, -0.15) is 0 Å². The zero-order valence-electron chi connectivity index (χ0n) is 8.77. The summed E-state index contributed by atoms with van der Waals surface area (Å²) in [5.74, 6) is 0. The van der Waals surface area contributed by atoms with Crippen molar-refractivity contribution in [2.24, 2.45) is 0 Å². The van der Waals surface area contributed by atoms with Gasteiger partial charge in [0.05, 0.1) is 6.17 Å². The van der Waals surface area contributed by atoms with E-state index < -0.39 is 0 Å². The fraction of sp³-hybridized carbons (Fsp3) is 1.00. The van der Waals surface area contributed by atoms with Crippen molar-refractivity contribution in [3.8, 4) is 0 Å². The molecule has 0 spiro atoms. The van der Waals surface area contributed by atoms with Crippen LogP contribution in [0.25, 0.3) is 0 Å². The standard InChI is InChI=1S/C9H20N3O/c1-8(10-3)11-4-6-12(7-5-11)9(2)13/h8-9,13H,4-7H2,1-3H3. The van der Waals surface area contributed by atoms with Crippen molar-refractivity contribution in [2.45, 2.75) is 26.2 Å². The van der Waals surface area contributed by atoms with Crippen molar-refractivity contribution in [3.63, 3.8) is 0 Å². The van der Waals surface area contributed by atoms with Gasteiger partial charge >= 0.3 is 0 Å². The van der Waals surface area contributed by atoms with Crippen LogP contribution in [0.5, 0.6) is 0 Å². The largest absolute Gasteiger partial charge is 0.379 e. The van der Waals surface area contributed by atoms with E-state index in [-0.39, 0.29) is 6.23 Å². The average molecular weight is 186 g/mol. The number of rotatable bonds is 3. The van der Waals surface area contributed by atoms with E-state index in [1.165, 1.54) is 0 Å². The zero-order chi connectivity index (χ0) is 9.84. The Bertz CT molecular complexity index is 144. The Morgan fingerprint density at radius 1 is 1.08 bits per heavy atom. The second-order valence-electron chi connectivity index (χ2n) is 3.59. The van der Waals surface area contributed by atoms with Crippen molar-refractivity contribution < 1.29 is 5.11 Å². The topological polar surface area (TPSA) is 40.8 Å². The summed E-state index contributed by atoms with van der Waals surface area (Å²) in [6.07, 6.45) is 0.00664. The first-order chi connectivity index (χ1) is 6.15. The molecule has 0 aromatic carbocycles. The van der Waals surface area contributed by atoms with Crippen molar-refractivity contribution in [1.82, 2.24) is 15.1 Å².